The summed E-state index contributed by atoms with van der Waals surface area (Å²) in [5, 5.41) is 3.20. The molecule has 1 aliphatic rings. The van der Waals surface area contributed by atoms with Gasteiger partial charge >= 0.3 is 0 Å². The summed E-state index contributed by atoms with van der Waals surface area (Å²) in [6, 6.07) is 4.23. The van der Waals surface area contributed by atoms with Gasteiger partial charge in [-0.15, -0.1) is 11.3 Å². The van der Waals surface area contributed by atoms with Crippen LogP contribution in [0.15, 0.2) is 12.1 Å². The number of anilines is 1. The Morgan fingerprint density at radius 3 is 2.82 bits per heavy atom. The van der Waals surface area contributed by atoms with E-state index in [9.17, 15) is 0 Å². The number of aryl methyl sites for hydroxylation is 2. The molecule has 88 valence electrons. The van der Waals surface area contributed by atoms with Crippen molar-refractivity contribution in [3.05, 3.63) is 28.3 Å². The topological polar surface area (TPSA) is 37.8 Å². The fourth-order valence-electron chi connectivity index (χ4n) is 2.30. The van der Waals surface area contributed by atoms with Crippen LogP contribution in [-0.4, -0.2) is 17.0 Å². The highest BCUT2D eigenvalue weighted by molar-refractivity contribution is 7.15. The maximum absolute atomic E-state index is 4.70. The highest BCUT2D eigenvalue weighted by atomic mass is 32.1. The van der Waals surface area contributed by atoms with Crippen LogP contribution in [0.3, 0.4) is 0 Å². The fourth-order valence-corrected chi connectivity index (χ4v) is 3.11. The number of aromatic nitrogens is 2. The summed E-state index contributed by atoms with van der Waals surface area (Å²) in [6.07, 6.45) is 3.39. The third-order valence-corrected chi connectivity index (χ3v) is 4.13. The molecule has 4 heteroatoms. The van der Waals surface area contributed by atoms with Gasteiger partial charge in [0.2, 0.25) is 0 Å². The predicted octanol–water partition coefficient (Wildman–Crippen LogP) is 3.04. The number of fused-ring (bicyclic) bond motifs is 1. The molecule has 0 atom stereocenters. The minimum atomic E-state index is 0.869. The van der Waals surface area contributed by atoms with E-state index >= 15 is 0 Å². The number of nitrogens with one attached hydrogen (secondary N) is 1. The normalized spacial score (nSPS) is 13.8. The van der Waals surface area contributed by atoms with Gasteiger partial charge in [-0.3, -0.25) is 0 Å². The van der Waals surface area contributed by atoms with Crippen molar-refractivity contribution in [3.63, 3.8) is 0 Å². The Morgan fingerprint density at radius 1 is 1.24 bits per heavy atom. The van der Waals surface area contributed by atoms with Gasteiger partial charge in [0, 0.05) is 23.2 Å². The largest absolute Gasteiger partial charge is 0.373 e. The third kappa shape index (κ3) is 1.82. The molecular formula is C13H15N3S. The monoisotopic (exact) mass is 245 g/mol. The van der Waals surface area contributed by atoms with E-state index in [0.29, 0.717) is 0 Å². The van der Waals surface area contributed by atoms with E-state index in [1.165, 1.54) is 22.6 Å². The van der Waals surface area contributed by atoms with Crippen molar-refractivity contribution in [2.75, 3.05) is 12.4 Å². The number of rotatable bonds is 2. The van der Waals surface area contributed by atoms with E-state index in [1.807, 2.05) is 7.05 Å². The summed E-state index contributed by atoms with van der Waals surface area (Å²) >= 11 is 1.75. The molecule has 1 aliphatic carbocycles. The van der Waals surface area contributed by atoms with Gasteiger partial charge in [-0.1, -0.05) is 0 Å². The van der Waals surface area contributed by atoms with Crippen LogP contribution in [0.2, 0.25) is 0 Å². The summed E-state index contributed by atoms with van der Waals surface area (Å²) in [4.78, 5) is 11.8. The molecule has 0 amide bonds. The minimum absolute atomic E-state index is 0.869. The van der Waals surface area contributed by atoms with E-state index in [-0.39, 0.29) is 0 Å². The zero-order chi connectivity index (χ0) is 11.8. The number of hydrogen-bond acceptors (Lipinski definition) is 4. The van der Waals surface area contributed by atoms with Crippen LogP contribution in [0, 0.1) is 6.92 Å². The molecule has 0 spiro atoms. The van der Waals surface area contributed by atoms with Crippen molar-refractivity contribution in [1.29, 1.82) is 0 Å². The Labute approximate surface area is 105 Å². The van der Waals surface area contributed by atoms with Gasteiger partial charge in [-0.2, -0.15) is 0 Å². The maximum atomic E-state index is 4.70. The molecule has 0 saturated carbocycles. The summed E-state index contributed by atoms with van der Waals surface area (Å²) < 4.78 is 0. The van der Waals surface area contributed by atoms with Crippen molar-refractivity contribution in [2.24, 2.45) is 0 Å². The lowest BCUT2D eigenvalue weighted by Crippen LogP contribution is -2.02. The molecule has 2 heterocycles. The molecule has 0 fully saturated rings. The Balaban J connectivity index is 2.12. The lowest BCUT2D eigenvalue weighted by Gasteiger charge is -2.08. The van der Waals surface area contributed by atoms with Crippen LogP contribution in [0.5, 0.6) is 0 Å². The van der Waals surface area contributed by atoms with Crippen molar-refractivity contribution >= 4 is 17.2 Å². The maximum Gasteiger partial charge on any atom is 0.171 e. The summed E-state index contributed by atoms with van der Waals surface area (Å²) in [5.41, 5.74) is 2.54. The molecule has 0 aliphatic heterocycles. The molecule has 3 nitrogen and oxygen atoms in total. The summed E-state index contributed by atoms with van der Waals surface area (Å²) in [5.74, 6) is 1.88. The molecule has 2 aromatic heterocycles. The zero-order valence-corrected chi connectivity index (χ0v) is 10.9. The van der Waals surface area contributed by atoms with Crippen molar-refractivity contribution in [3.8, 4) is 10.7 Å². The van der Waals surface area contributed by atoms with Crippen LogP contribution < -0.4 is 5.32 Å². The Morgan fingerprint density at radius 2 is 2.12 bits per heavy atom. The molecule has 1 N–H and O–H groups in total. The van der Waals surface area contributed by atoms with Crippen LogP contribution >= 0.6 is 11.3 Å². The molecule has 0 saturated heterocycles. The number of hydrogen-bond donors (Lipinski definition) is 1. The predicted molar refractivity (Wildman–Crippen MR) is 71.7 cm³/mol. The van der Waals surface area contributed by atoms with Gasteiger partial charge in [0.25, 0.3) is 0 Å². The number of thiophene rings is 1. The molecule has 3 rings (SSSR count). The second-order valence-corrected chi connectivity index (χ2v) is 5.62. The van der Waals surface area contributed by atoms with Crippen molar-refractivity contribution in [1.82, 2.24) is 9.97 Å². The van der Waals surface area contributed by atoms with Gasteiger partial charge in [0.05, 0.1) is 4.88 Å². The molecule has 2 aromatic rings. The first-order valence-corrected chi connectivity index (χ1v) is 6.74. The van der Waals surface area contributed by atoms with Crippen molar-refractivity contribution in [2.45, 2.75) is 26.2 Å². The lowest BCUT2D eigenvalue weighted by atomic mass is 10.2. The van der Waals surface area contributed by atoms with Crippen LogP contribution in [-0.2, 0) is 12.8 Å². The van der Waals surface area contributed by atoms with E-state index in [2.05, 4.69) is 29.4 Å². The van der Waals surface area contributed by atoms with Crippen LogP contribution in [0.4, 0.5) is 5.82 Å². The van der Waals surface area contributed by atoms with Gasteiger partial charge < -0.3 is 5.32 Å². The molecule has 17 heavy (non-hydrogen) atoms. The second-order valence-electron chi connectivity index (χ2n) is 4.33. The third-order valence-electron chi connectivity index (χ3n) is 3.13. The molecule has 0 unspecified atom stereocenters. The van der Waals surface area contributed by atoms with E-state index < -0.39 is 0 Å². The first kappa shape index (κ1) is 10.7. The van der Waals surface area contributed by atoms with Crippen LogP contribution in [0.1, 0.15) is 22.6 Å². The standard InChI is InChI=1S/C13H15N3S/c1-8-6-7-11(17-8)13-15-10-5-3-4-9(10)12(14-2)16-13/h6-7H,3-5H2,1-2H3,(H,14,15,16). The fraction of sp³-hybridized carbons (Fsp3) is 0.385. The van der Waals surface area contributed by atoms with E-state index in [0.717, 1.165) is 29.4 Å². The van der Waals surface area contributed by atoms with E-state index in [1.54, 1.807) is 11.3 Å². The second kappa shape index (κ2) is 4.11. The van der Waals surface area contributed by atoms with Gasteiger partial charge in [-0.25, -0.2) is 9.97 Å². The molecular weight excluding hydrogens is 230 g/mol. The Hall–Kier alpha value is -1.42. The van der Waals surface area contributed by atoms with Crippen LogP contribution in [0.25, 0.3) is 10.7 Å². The van der Waals surface area contributed by atoms with Gasteiger partial charge in [0.1, 0.15) is 5.82 Å². The Kier molecular flexibility index (Phi) is 2.59. The zero-order valence-electron chi connectivity index (χ0n) is 10.1. The average molecular weight is 245 g/mol. The quantitative estimate of drug-likeness (QED) is 0.883. The highest BCUT2D eigenvalue weighted by Gasteiger charge is 2.19. The van der Waals surface area contributed by atoms with Gasteiger partial charge in [-0.05, 0) is 38.3 Å². The molecule has 0 aromatic carbocycles. The lowest BCUT2D eigenvalue weighted by molar-refractivity contribution is 0.900. The molecule has 0 radical (unpaired) electrons. The number of nitrogens with zero attached hydrogens (tertiary/aromatic N) is 2. The van der Waals surface area contributed by atoms with E-state index in [4.69, 9.17) is 4.98 Å². The SMILES string of the molecule is CNc1nc(-c2ccc(C)s2)nc2c1CCC2. The van der Waals surface area contributed by atoms with Crippen molar-refractivity contribution < 1.29 is 0 Å². The summed E-state index contributed by atoms with van der Waals surface area (Å²) in [7, 11) is 1.93. The first-order valence-electron chi connectivity index (χ1n) is 5.92. The van der Waals surface area contributed by atoms with Gasteiger partial charge in [0.15, 0.2) is 5.82 Å². The summed E-state index contributed by atoms with van der Waals surface area (Å²) in [6.45, 7) is 2.11. The first-order chi connectivity index (χ1) is 8.28. The smallest absolute Gasteiger partial charge is 0.171 e. The Bertz CT molecular complexity index is 560. The average Bonchev–Trinajstić information content (AvgIpc) is 2.95. The minimum Gasteiger partial charge on any atom is -0.373 e. The highest BCUT2D eigenvalue weighted by Crippen LogP contribution is 2.31. The molecule has 0 bridgehead atoms.